The lowest BCUT2D eigenvalue weighted by Crippen LogP contribution is -2.29. The maximum atomic E-state index is 12.0. The Morgan fingerprint density at radius 3 is 2.76 bits per heavy atom. The number of primary amides is 1. The number of anilines is 1. The molecule has 0 bridgehead atoms. The molecule has 1 atom stereocenters. The standard InChI is InChI=1S/C22H26ClN7O2.ClH/c1-13-11-26-22(27-16-5-7-32-8-6-16)29-20(13)30-12-18(19(25)31)28-21(30)17(10-24)14-3-2-4-15(23)9-14;/h2-4,9,11-12,16-17H,5-8,10,24H2,1H3,(H2,25,31)(H,26,27,29);1H. The predicted octanol–water partition coefficient (Wildman–Crippen LogP) is 2.83. The first-order valence-electron chi connectivity index (χ1n) is 10.5. The third-order valence-electron chi connectivity index (χ3n) is 5.51. The summed E-state index contributed by atoms with van der Waals surface area (Å²) >= 11 is 6.20. The molecule has 4 rings (SSSR count). The Labute approximate surface area is 203 Å². The van der Waals surface area contributed by atoms with E-state index in [0.29, 0.717) is 35.8 Å². The van der Waals surface area contributed by atoms with Gasteiger partial charge in [0.2, 0.25) is 5.95 Å². The number of carbonyl (C=O) groups excluding carboxylic acids is 1. The molecule has 1 aliphatic rings. The number of nitrogens with zero attached hydrogens (tertiary/aromatic N) is 4. The fraction of sp³-hybridized carbons (Fsp3) is 0.364. The number of benzene rings is 1. The van der Waals surface area contributed by atoms with Crippen LogP contribution < -0.4 is 16.8 Å². The molecule has 3 aromatic rings. The first kappa shape index (κ1) is 24.9. The van der Waals surface area contributed by atoms with Crippen LogP contribution in [-0.2, 0) is 4.74 Å². The van der Waals surface area contributed by atoms with Gasteiger partial charge in [-0.1, -0.05) is 23.7 Å². The zero-order valence-electron chi connectivity index (χ0n) is 18.2. The molecule has 33 heavy (non-hydrogen) atoms. The summed E-state index contributed by atoms with van der Waals surface area (Å²) in [5, 5.41) is 3.97. The summed E-state index contributed by atoms with van der Waals surface area (Å²) < 4.78 is 7.19. The zero-order valence-corrected chi connectivity index (χ0v) is 19.8. The van der Waals surface area contributed by atoms with Gasteiger partial charge in [-0.15, -0.1) is 12.4 Å². The van der Waals surface area contributed by atoms with E-state index in [-0.39, 0.29) is 36.6 Å². The molecule has 1 saturated heterocycles. The van der Waals surface area contributed by atoms with Gasteiger partial charge in [-0.05, 0) is 37.5 Å². The maximum absolute atomic E-state index is 12.0. The van der Waals surface area contributed by atoms with Crippen LogP contribution in [0.5, 0.6) is 0 Å². The summed E-state index contributed by atoms with van der Waals surface area (Å²) in [5.74, 6) is 0.722. The molecule has 0 spiro atoms. The molecule has 1 unspecified atom stereocenters. The summed E-state index contributed by atoms with van der Waals surface area (Å²) in [4.78, 5) is 25.6. The van der Waals surface area contributed by atoms with Crippen molar-refractivity contribution in [2.24, 2.45) is 11.5 Å². The minimum absolute atomic E-state index is 0. The van der Waals surface area contributed by atoms with Crippen LogP contribution in [0.1, 0.15) is 46.2 Å². The number of nitrogens with one attached hydrogen (secondary N) is 1. The minimum Gasteiger partial charge on any atom is -0.381 e. The number of aryl methyl sites for hydroxylation is 1. The molecule has 2 aromatic heterocycles. The Kier molecular flexibility index (Phi) is 8.25. The molecule has 9 nitrogen and oxygen atoms in total. The fourth-order valence-corrected chi connectivity index (χ4v) is 4.01. The summed E-state index contributed by atoms with van der Waals surface area (Å²) in [6.45, 7) is 3.58. The highest BCUT2D eigenvalue weighted by Crippen LogP contribution is 2.28. The SMILES string of the molecule is Cc1cnc(NC2CCOCC2)nc1-n1cc(C(N)=O)nc1C(CN)c1cccc(Cl)c1.Cl. The van der Waals surface area contributed by atoms with Crippen LogP contribution in [0, 0.1) is 6.92 Å². The second-order valence-corrected chi connectivity index (χ2v) is 8.23. The van der Waals surface area contributed by atoms with Crippen molar-refractivity contribution in [1.29, 1.82) is 0 Å². The highest BCUT2D eigenvalue weighted by atomic mass is 35.5. The highest BCUT2D eigenvalue weighted by Gasteiger charge is 2.24. The van der Waals surface area contributed by atoms with Crippen LogP contribution in [-0.4, -0.2) is 51.2 Å². The van der Waals surface area contributed by atoms with Crippen LogP contribution in [0.3, 0.4) is 0 Å². The molecule has 176 valence electrons. The van der Waals surface area contributed by atoms with Gasteiger partial charge in [0.05, 0.1) is 5.92 Å². The zero-order chi connectivity index (χ0) is 22.7. The summed E-state index contributed by atoms with van der Waals surface area (Å²) in [5.41, 5.74) is 13.5. The van der Waals surface area contributed by atoms with Gasteiger partial charge in [-0.3, -0.25) is 9.36 Å². The van der Waals surface area contributed by atoms with E-state index in [1.165, 1.54) is 0 Å². The third kappa shape index (κ3) is 5.62. The summed E-state index contributed by atoms with van der Waals surface area (Å²) in [6, 6.07) is 7.66. The Hall–Kier alpha value is -2.72. The van der Waals surface area contributed by atoms with Crippen LogP contribution in [0.25, 0.3) is 5.82 Å². The normalized spacial score (nSPS) is 15.0. The number of hydrogen-bond donors (Lipinski definition) is 3. The molecule has 1 amide bonds. The Bertz CT molecular complexity index is 1120. The summed E-state index contributed by atoms with van der Waals surface area (Å²) in [7, 11) is 0. The van der Waals surface area contributed by atoms with Gasteiger partial charge >= 0.3 is 0 Å². The van der Waals surface area contributed by atoms with Gasteiger partial charge in [-0.2, -0.15) is 4.98 Å². The Balaban J connectivity index is 0.00000306. The van der Waals surface area contributed by atoms with E-state index in [0.717, 1.165) is 24.0 Å². The number of halogens is 2. The van der Waals surface area contributed by atoms with Crippen molar-refractivity contribution >= 4 is 35.9 Å². The molecule has 5 N–H and O–H groups in total. The molecule has 1 aromatic carbocycles. The second kappa shape index (κ2) is 10.9. The molecule has 11 heteroatoms. The van der Waals surface area contributed by atoms with Crippen molar-refractivity contribution in [3.8, 4) is 5.82 Å². The van der Waals surface area contributed by atoms with Crippen molar-refractivity contribution in [1.82, 2.24) is 19.5 Å². The number of amides is 1. The lowest BCUT2D eigenvalue weighted by molar-refractivity contribution is 0.0903. The summed E-state index contributed by atoms with van der Waals surface area (Å²) in [6.07, 6.45) is 5.12. The van der Waals surface area contributed by atoms with E-state index in [4.69, 9.17) is 32.8 Å². The van der Waals surface area contributed by atoms with E-state index in [1.807, 2.05) is 25.1 Å². The van der Waals surface area contributed by atoms with Crippen LogP contribution in [0.2, 0.25) is 5.02 Å². The Morgan fingerprint density at radius 2 is 2.09 bits per heavy atom. The van der Waals surface area contributed by atoms with Crippen LogP contribution >= 0.6 is 24.0 Å². The molecule has 3 heterocycles. The number of nitrogens with two attached hydrogens (primary N) is 2. The number of hydrogen-bond acceptors (Lipinski definition) is 7. The monoisotopic (exact) mass is 491 g/mol. The number of carbonyl (C=O) groups is 1. The molecular formula is C22H27Cl2N7O2. The quantitative estimate of drug-likeness (QED) is 0.462. The van der Waals surface area contributed by atoms with E-state index >= 15 is 0 Å². The molecule has 0 saturated carbocycles. The lowest BCUT2D eigenvalue weighted by Gasteiger charge is -2.23. The van der Waals surface area contributed by atoms with Crippen molar-refractivity contribution in [2.75, 3.05) is 25.1 Å². The number of rotatable bonds is 7. The maximum Gasteiger partial charge on any atom is 0.268 e. The smallest absolute Gasteiger partial charge is 0.268 e. The molecule has 1 fully saturated rings. The van der Waals surface area contributed by atoms with Gasteiger partial charge in [0.15, 0.2) is 0 Å². The molecule has 1 aliphatic heterocycles. The van der Waals surface area contributed by atoms with Crippen molar-refractivity contribution < 1.29 is 9.53 Å². The molecular weight excluding hydrogens is 465 g/mol. The largest absolute Gasteiger partial charge is 0.381 e. The van der Waals surface area contributed by atoms with Gasteiger partial charge in [0, 0.05) is 48.8 Å². The van der Waals surface area contributed by atoms with Crippen molar-refractivity contribution in [2.45, 2.75) is 31.7 Å². The van der Waals surface area contributed by atoms with Gasteiger partial charge in [0.25, 0.3) is 5.91 Å². The molecule has 0 radical (unpaired) electrons. The number of aromatic nitrogens is 4. The van der Waals surface area contributed by atoms with Gasteiger partial charge in [0.1, 0.15) is 17.3 Å². The van der Waals surface area contributed by atoms with E-state index in [1.54, 1.807) is 23.0 Å². The highest BCUT2D eigenvalue weighted by molar-refractivity contribution is 6.30. The number of imidazole rings is 1. The fourth-order valence-electron chi connectivity index (χ4n) is 3.81. The topological polar surface area (TPSA) is 134 Å². The Morgan fingerprint density at radius 1 is 1.33 bits per heavy atom. The average Bonchev–Trinajstić information content (AvgIpc) is 3.22. The first-order valence-corrected chi connectivity index (χ1v) is 10.9. The third-order valence-corrected chi connectivity index (χ3v) is 5.75. The molecule has 0 aliphatic carbocycles. The van der Waals surface area contributed by atoms with E-state index < -0.39 is 5.91 Å². The minimum atomic E-state index is -0.626. The predicted molar refractivity (Wildman–Crippen MR) is 129 cm³/mol. The lowest BCUT2D eigenvalue weighted by atomic mass is 9.98. The van der Waals surface area contributed by atoms with E-state index in [2.05, 4.69) is 15.3 Å². The van der Waals surface area contributed by atoms with Crippen LogP contribution in [0.4, 0.5) is 5.95 Å². The average molecular weight is 492 g/mol. The van der Waals surface area contributed by atoms with Crippen molar-refractivity contribution in [3.05, 3.63) is 64.3 Å². The van der Waals surface area contributed by atoms with Crippen molar-refractivity contribution in [3.63, 3.8) is 0 Å². The van der Waals surface area contributed by atoms with Gasteiger partial charge in [-0.25, -0.2) is 9.97 Å². The first-order chi connectivity index (χ1) is 15.5. The number of ether oxygens (including phenoxy) is 1. The second-order valence-electron chi connectivity index (χ2n) is 7.79. The van der Waals surface area contributed by atoms with Crippen LogP contribution in [0.15, 0.2) is 36.7 Å². The van der Waals surface area contributed by atoms with Gasteiger partial charge < -0.3 is 21.5 Å². The van der Waals surface area contributed by atoms with E-state index in [9.17, 15) is 4.79 Å².